The molecule has 140 valence electrons. The molecule has 0 aliphatic carbocycles. The molecule has 1 aromatic heterocycles. The number of carboxylic acid groups (broad SMARTS) is 1. The highest BCUT2D eigenvalue weighted by molar-refractivity contribution is 5.98. The maximum atomic E-state index is 11.2. The zero-order valence-corrected chi connectivity index (χ0v) is 15.9. The van der Waals surface area contributed by atoms with Crippen LogP contribution >= 0.6 is 0 Å². The van der Waals surface area contributed by atoms with Gasteiger partial charge < -0.3 is 16.2 Å². The molecular formula is C22H25N3O2. The van der Waals surface area contributed by atoms with Crippen LogP contribution in [0.25, 0.3) is 22.0 Å². The Hall–Kier alpha value is -3.08. The molecule has 27 heavy (non-hydrogen) atoms. The molecule has 0 fully saturated rings. The standard InChI is InChI=1S/C22H25N3O2/c1-13(2)10-20-18(12-24-22(26)27)21(15-6-4-14(3)5-7-15)17-11-16(23)8-9-19(17)25-20/h4-9,11,13,24H,10,12,23H2,1-3H3,(H,26,27). The second kappa shape index (κ2) is 7.66. The number of aryl methyl sites for hydroxylation is 1. The molecular weight excluding hydrogens is 338 g/mol. The number of hydrogen-bond donors (Lipinski definition) is 3. The first kappa shape index (κ1) is 18.7. The van der Waals surface area contributed by atoms with Crippen LogP contribution in [0.15, 0.2) is 42.5 Å². The van der Waals surface area contributed by atoms with Gasteiger partial charge in [-0.15, -0.1) is 0 Å². The van der Waals surface area contributed by atoms with Crippen molar-refractivity contribution in [3.63, 3.8) is 0 Å². The molecule has 0 radical (unpaired) electrons. The van der Waals surface area contributed by atoms with Gasteiger partial charge in [-0.2, -0.15) is 0 Å². The number of hydrogen-bond acceptors (Lipinski definition) is 3. The summed E-state index contributed by atoms with van der Waals surface area (Å²) in [6.07, 6.45) is -0.275. The van der Waals surface area contributed by atoms with E-state index in [0.29, 0.717) is 11.6 Å². The van der Waals surface area contributed by atoms with Crippen LogP contribution in [-0.2, 0) is 13.0 Å². The largest absolute Gasteiger partial charge is 0.465 e. The summed E-state index contributed by atoms with van der Waals surface area (Å²) in [7, 11) is 0. The highest BCUT2D eigenvalue weighted by Crippen LogP contribution is 2.35. The minimum absolute atomic E-state index is 0.207. The van der Waals surface area contributed by atoms with Crippen molar-refractivity contribution in [2.24, 2.45) is 5.92 Å². The van der Waals surface area contributed by atoms with Crippen LogP contribution in [-0.4, -0.2) is 16.2 Å². The van der Waals surface area contributed by atoms with E-state index in [0.717, 1.165) is 39.7 Å². The van der Waals surface area contributed by atoms with Gasteiger partial charge >= 0.3 is 6.09 Å². The number of pyridine rings is 1. The Kier molecular flexibility index (Phi) is 5.31. The van der Waals surface area contributed by atoms with E-state index in [2.05, 4.69) is 43.4 Å². The number of nitrogens with two attached hydrogens (primary N) is 1. The van der Waals surface area contributed by atoms with Crippen molar-refractivity contribution >= 4 is 22.7 Å². The maximum absolute atomic E-state index is 11.2. The lowest BCUT2D eigenvalue weighted by molar-refractivity contribution is 0.194. The van der Waals surface area contributed by atoms with Crippen molar-refractivity contribution in [3.8, 4) is 11.1 Å². The molecule has 5 nitrogen and oxygen atoms in total. The molecule has 0 aliphatic rings. The zero-order valence-electron chi connectivity index (χ0n) is 15.9. The van der Waals surface area contributed by atoms with Gasteiger partial charge in [0.2, 0.25) is 0 Å². The Morgan fingerprint density at radius 3 is 2.52 bits per heavy atom. The van der Waals surface area contributed by atoms with Crippen molar-refractivity contribution in [1.29, 1.82) is 0 Å². The molecule has 0 unspecified atom stereocenters. The van der Waals surface area contributed by atoms with Crippen LogP contribution in [0.4, 0.5) is 10.5 Å². The van der Waals surface area contributed by atoms with E-state index in [1.165, 1.54) is 5.56 Å². The molecule has 0 bridgehead atoms. The molecule has 1 heterocycles. The predicted molar refractivity (Wildman–Crippen MR) is 110 cm³/mol. The van der Waals surface area contributed by atoms with Crippen LogP contribution in [0.2, 0.25) is 0 Å². The Morgan fingerprint density at radius 1 is 1.19 bits per heavy atom. The molecule has 3 aromatic rings. The molecule has 5 heteroatoms. The van der Waals surface area contributed by atoms with Gasteiger partial charge in [-0.25, -0.2) is 4.79 Å². The summed E-state index contributed by atoms with van der Waals surface area (Å²) in [5.41, 5.74) is 12.6. The van der Waals surface area contributed by atoms with Gasteiger partial charge in [-0.05, 0) is 48.6 Å². The number of nitrogen functional groups attached to an aromatic ring is 1. The first-order chi connectivity index (χ1) is 12.8. The van der Waals surface area contributed by atoms with E-state index >= 15 is 0 Å². The third kappa shape index (κ3) is 4.19. The number of anilines is 1. The quantitative estimate of drug-likeness (QED) is 0.570. The summed E-state index contributed by atoms with van der Waals surface area (Å²) < 4.78 is 0. The summed E-state index contributed by atoms with van der Waals surface area (Å²) in [6.45, 7) is 6.52. The molecule has 1 amide bonds. The first-order valence-corrected chi connectivity index (χ1v) is 9.10. The molecule has 2 aromatic carbocycles. The summed E-state index contributed by atoms with van der Waals surface area (Å²) >= 11 is 0. The van der Waals surface area contributed by atoms with Gasteiger partial charge in [0.25, 0.3) is 0 Å². The van der Waals surface area contributed by atoms with Crippen LogP contribution in [0, 0.1) is 12.8 Å². The molecule has 3 rings (SSSR count). The minimum atomic E-state index is -1.05. The molecule has 0 atom stereocenters. The van der Waals surface area contributed by atoms with Crippen molar-refractivity contribution in [3.05, 3.63) is 59.3 Å². The fourth-order valence-electron chi connectivity index (χ4n) is 3.33. The lowest BCUT2D eigenvalue weighted by Gasteiger charge is -2.19. The number of nitrogens with one attached hydrogen (secondary N) is 1. The van der Waals surface area contributed by atoms with Gasteiger partial charge in [-0.3, -0.25) is 4.98 Å². The topological polar surface area (TPSA) is 88.2 Å². The van der Waals surface area contributed by atoms with Crippen LogP contribution < -0.4 is 11.1 Å². The van der Waals surface area contributed by atoms with Crippen molar-refractivity contribution < 1.29 is 9.90 Å². The Bertz CT molecular complexity index is 979. The summed E-state index contributed by atoms with van der Waals surface area (Å²) in [4.78, 5) is 16.0. The van der Waals surface area contributed by atoms with Gasteiger partial charge in [0.1, 0.15) is 0 Å². The molecule has 4 N–H and O–H groups in total. The number of carbonyl (C=O) groups is 1. The third-order valence-corrected chi connectivity index (χ3v) is 4.55. The summed E-state index contributed by atoms with van der Waals surface area (Å²) in [5.74, 6) is 0.401. The fourth-order valence-corrected chi connectivity index (χ4v) is 3.33. The van der Waals surface area contributed by atoms with E-state index < -0.39 is 6.09 Å². The van der Waals surface area contributed by atoms with Crippen molar-refractivity contribution in [1.82, 2.24) is 10.3 Å². The SMILES string of the molecule is Cc1ccc(-c2c(CNC(=O)O)c(CC(C)C)nc3ccc(N)cc23)cc1. The van der Waals surface area contributed by atoms with E-state index in [-0.39, 0.29) is 6.54 Å². The molecule has 0 saturated heterocycles. The van der Waals surface area contributed by atoms with Gasteiger partial charge in [0.05, 0.1) is 5.52 Å². The van der Waals surface area contributed by atoms with E-state index in [4.69, 9.17) is 15.8 Å². The third-order valence-electron chi connectivity index (χ3n) is 4.55. The van der Waals surface area contributed by atoms with Crippen LogP contribution in [0.5, 0.6) is 0 Å². The van der Waals surface area contributed by atoms with E-state index in [9.17, 15) is 4.79 Å². The normalized spacial score (nSPS) is 11.1. The van der Waals surface area contributed by atoms with E-state index in [1.807, 2.05) is 25.1 Å². The van der Waals surface area contributed by atoms with Gasteiger partial charge in [0, 0.05) is 28.9 Å². The Labute approximate surface area is 159 Å². The number of amides is 1. The maximum Gasteiger partial charge on any atom is 0.404 e. The van der Waals surface area contributed by atoms with Crippen molar-refractivity contribution in [2.45, 2.75) is 33.7 Å². The van der Waals surface area contributed by atoms with Gasteiger partial charge in [0.15, 0.2) is 0 Å². The predicted octanol–water partition coefficient (Wildman–Crippen LogP) is 4.76. The second-order valence-corrected chi connectivity index (χ2v) is 7.31. The smallest absolute Gasteiger partial charge is 0.404 e. The Balaban J connectivity index is 2.33. The monoisotopic (exact) mass is 363 g/mol. The van der Waals surface area contributed by atoms with Crippen molar-refractivity contribution in [2.75, 3.05) is 5.73 Å². The second-order valence-electron chi connectivity index (χ2n) is 7.31. The highest BCUT2D eigenvalue weighted by Gasteiger charge is 2.18. The molecule has 0 aliphatic heterocycles. The van der Waals surface area contributed by atoms with Gasteiger partial charge in [-0.1, -0.05) is 43.7 Å². The average Bonchev–Trinajstić information content (AvgIpc) is 2.60. The molecule has 0 spiro atoms. The number of nitrogens with zero attached hydrogens (tertiary/aromatic N) is 1. The Morgan fingerprint density at radius 2 is 1.89 bits per heavy atom. The highest BCUT2D eigenvalue weighted by atomic mass is 16.4. The van der Waals surface area contributed by atoms with Crippen LogP contribution in [0.1, 0.15) is 30.7 Å². The minimum Gasteiger partial charge on any atom is -0.465 e. The first-order valence-electron chi connectivity index (χ1n) is 9.10. The lowest BCUT2D eigenvalue weighted by Crippen LogP contribution is -2.22. The number of benzene rings is 2. The van der Waals surface area contributed by atoms with Crippen LogP contribution in [0.3, 0.4) is 0 Å². The fraction of sp³-hybridized carbons (Fsp3) is 0.273. The van der Waals surface area contributed by atoms with E-state index in [1.54, 1.807) is 0 Å². The summed E-state index contributed by atoms with van der Waals surface area (Å²) in [5, 5.41) is 12.6. The molecule has 0 saturated carbocycles. The number of rotatable bonds is 5. The number of fused-ring (bicyclic) bond motifs is 1. The summed E-state index contributed by atoms with van der Waals surface area (Å²) in [6, 6.07) is 14.0. The number of aromatic nitrogens is 1. The lowest BCUT2D eigenvalue weighted by atomic mass is 9.91. The zero-order chi connectivity index (χ0) is 19.6. The average molecular weight is 363 g/mol.